The molecule has 0 saturated heterocycles. The Morgan fingerprint density at radius 2 is 2.00 bits per heavy atom. The topological polar surface area (TPSA) is 26.0 Å². The third kappa shape index (κ3) is 1.35. The molecule has 0 aliphatic rings. The molecular formula is C11H11NO. The van der Waals surface area contributed by atoms with Gasteiger partial charge in [-0.1, -0.05) is 23.4 Å². The van der Waals surface area contributed by atoms with E-state index in [1.807, 2.05) is 12.1 Å². The zero-order valence-electron chi connectivity index (χ0n) is 7.74. The molecule has 0 bridgehead atoms. The maximum atomic E-state index is 4.81. The van der Waals surface area contributed by atoms with Crippen molar-refractivity contribution < 1.29 is 4.52 Å². The lowest BCUT2D eigenvalue weighted by Crippen LogP contribution is -1.86. The molecule has 13 heavy (non-hydrogen) atoms. The lowest BCUT2D eigenvalue weighted by atomic mass is 10.0. The molecule has 0 aliphatic heterocycles. The van der Waals surface area contributed by atoms with Gasteiger partial charge in [0.15, 0.2) is 0 Å². The summed E-state index contributed by atoms with van der Waals surface area (Å²) in [5, 5.41) is 3.91. The number of nitrogens with zero attached hydrogens (tertiary/aromatic N) is 1. The average Bonchev–Trinajstić information content (AvgIpc) is 2.62. The van der Waals surface area contributed by atoms with Crippen molar-refractivity contribution in [1.29, 1.82) is 0 Å². The van der Waals surface area contributed by atoms with Crippen LogP contribution in [0.2, 0.25) is 0 Å². The SMILES string of the molecule is Cc1cccc(-c2ccon2)c1C. The second kappa shape index (κ2) is 3.05. The smallest absolute Gasteiger partial charge is 0.124 e. The summed E-state index contributed by atoms with van der Waals surface area (Å²) in [4.78, 5) is 0. The van der Waals surface area contributed by atoms with Crippen LogP contribution >= 0.6 is 0 Å². The second-order valence-corrected chi connectivity index (χ2v) is 3.13. The molecule has 1 aromatic carbocycles. The van der Waals surface area contributed by atoms with Crippen LogP contribution in [0.3, 0.4) is 0 Å². The van der Waals surface area contributed by atoms with Crippen LogP contribution in [0.1, 0.15) is 11.1 Å². The van der Waals surface area contributed by atoms with Crippen LogP contribution in [-0.4, -0.2) is 5.16 Å². The van der Waals surface area contributed by atoms with Gasteiger partial charge in [0.2, 0.25) is 0 Å². The van der Waals surface area contributed by atoms with Crippen LogP contribution in [0.5, 0.6) is 0 Å². The van der Waals surface area contributed by atoms with Crippen LogP contribution in [0, 0.1) is 13.8 Å². The molecule has 0 fully saturated rings. The van der Waals surface area contributed by atoms with Gasteiger partial charge in [-0.25, -0.2) is 0 Å². The standard InChI is InChI=1S/C11H11NO/c1-8-4-3-5-10(9(8)2)11-6-7-13-12-11/h3-7H,1-2H3. The summed E-state index contributed by atoms with van der Waals surface area (Å²) >= 11 is 0. The van der Waals surface area contributed by atoms with E-state index in [9.17, 15) is 0 Å². The molecule has 2 heteroatoms. The first-order valence-corrected chi connectivity index (χ1v) is 4.26. The fourth-order valence-electron chi connectivity index (χ4n) is 1.38. The van der Waals surface area contributed by atoms with Crippen molar-refractivity contribution in [3.63, 3.8) is 0 Å². The highest BCUT2D eigenvalue weighted by Gasteiger charge is 2.05. The molecular weight excluding hydrogens is 162 g/mol. The highest BCUT2D eigenvalue weighted by atomic mass is 16.5. The molecule has 2 nitrogen and oxygen atoms in total. The molecule has 2 aromatic rings. The molecule has 1 aromatic heterocycles. The Labute approximate surface area is 77.2 Å². The van der Waals surface area contributed by atoms with Gasteiger partial charge >= 0.3 is 0 Å². The molecule has 66 valence electrons. The van der Waals surface area contributed by atoms with E-state index < -0.39 is 0 Å². The number of hydrogen-bond acceptors (Lipinski definition) is 2. The summed E-state index contributed by atoms with van der Waals surface area (Å²) in [6.07, 6.45) is 1.59. The molecule has 0 spiro atoms. The summed E-state index contributed by atoms with van der Waals surface area (Å²) in [6.45, 7) is 4.19. The number of hydrogen-bond donors (Lipinski definition) is 0. The molecule has 0 unspecified atom stereocenters. The van der Waals surface area contributed by atoms with Crippen LogP contribution < -0.4 is 0 Å². The molecule has 0 saturated carbocycles. The average molecular weight is 173 g/mol. The number of aromatic nitrogens is 1. The fraction of sp³-hybridized carbons (Fsp3) is 0.182. The third-order valence-corrected chi connectivity index (χ3v) is 2.32. The van der Waals surface area contributed by atoms with E-state index in [1.54, 1.807) is 6.26 Å². The summed E-state index contributed by atoms with van der Waals surface area (Å²) in [7, 11) is 0. The largest absolute Gasteiger partial charge is 0.364 e. The van der Waals surface area contributed by atoms with E-state index in [0.717, 1.165) is 11.3 Å². The van der Waals surface area contributed by atoms with Crippen molar-refractivity contribution in [3.05, 3.63) is 41.7 Å². The first-order valence-electron chi connectivity index (χ1n) is 4.26. The van der Waals surface area contributed by atoms with Gasteiger partial charge < -0.3 is 4.52 Å². The maximum Gasteiger partial charge on any atom is 0.124 e. The van der Waals surface area contributed by atoms with Gasteiger partial charge in [-0.15, -0.1) is 0 Å². The summed E-state index contributed by atoms with van der Waals surface area (Å²) in [6, 6.07) is 8.06. The van der Waals surface area contributed by atoms with Gasteiger partial charge in [0.25, 0.3) is 0 Å². The van der Waals surface area contributed by atoms with Gasteiger partial charge in [0.05, 0.1) is 0 Å². The summed E-state index contributed by atoms with van der Waals surface area (Å²) in [5.74, 6) is 0. The van der Waals surface area contributed by atoms with Gasteiger partial charge in [0.1, 0.15) is 12.0 Å². The Hall–Kier alpha value is -1.57. The molecule has 0 radical (unpaired) electrons. The first-order chi connectivity index (χ1) is 6.29. The normalized spacial score (nSPS) is 10.3. The Kier molecular flexibility index (Phi) is 1.89. The minimum Gasteiger partial charge on any atom is -0.364 e. The van der Waals surface area contributed by atoms with Crippen molar-refractivity contribution in [2.75, 3.05) is 0 Å². The van der Waals surface area contributed by atoms with E-state index in [1.165, 1.54) is 11.1 Å². The number of benzene rings is 1. The molecule has 2 rings (SSSR count). The van der Waals surface area contributed by atoms with Crippen LogP contribution in [0.4, 0.5) is 0 Å². The van der Waals surface area contributed by atoms with Crippen LogP contribution in [0.25, 0.3) is 11.3 Å². The lowest BCUT2D eigenvalue weighted by Gasteiger charge is -2.04. The van der Waals surface area contributed by atoms with Crippen LogP contribution in [0.15, 0.2) is 35.1 Å². The predicted octanol–water partition coefficient (Wildman–Crippen LogP) is 2.96. The van der Waals surface area contributed by atoms with Crippen molar-refractivity contribution in [2.45, 2.75) is 13.8 Å². The fourth-order valence-corrected chi connectivity index (χ4v) is 1.38. The molecule has 0 amide bonds. The van der Waals surface area contributed by atoms with E-state index in [-0.39, 0.29) is 0 Å². The zero-order chi connectivity index (χ0) is 9.26. The van der Waals surface area contributed by atoms with Crippen molar-refractivity contribution >= 4 is 0 Å². The Bertz CT molecular complexity index is 404. The maximum absolute atomic E-state index is 4.81. The predicted molar refractivity (Wildman–Crippen MR) is 51.4 cm³/mol. The minimum atomic E-state index is 0.904. The van der Waals surface area contributed by atoms with Crippen molar-refractivity contribution in [1.82, 2.24) is 5.16 Å². The van der Waals surface area contributed by atoms with E-state index in [4.69, 9.17) is 4.52 Å². The van der Waals surface area contributed by atoms with E-state index in [0.29, 0.717) is 0 Å². The zero-order valence-corrected chi connectivity index (χ0v) is 7.74. The monoisotopic (exact) mass is 173 g/mol. The second-order valence-electron chi connectivity index (χ2n) is 3.13. The Morgan fingerprint density at radius 3 is 2.69 bits per heavy atom. The first kappa shape index (κ1) is 8.05. The molecule has 0 atom stereocenters. The number of aryl methyl sites for hydroxylation is 1. The summed E-state index contributed by atoms with van der Waals surface area (Å²) < 4.78 is 4.81. The summed E-state index contributed by atoms with van der Waals surface area (Å²) in [5.41, 5.74) is 4.59. The van der Waals surface area contributed by atoms with Crippen LogP contribution in [-0.2, 0) is 0 Å². The third-order valence-electron chi connectivity index (χ3n) is 2.32. The molecule has 1 heterocycles. The Balaban J connectivity index is 2.59. The van der Waals surface area contributed by atoms with Gasteiger partial charge in [-0.2, -0.15) is 0 Å². The highest BCUT2D eigenvalue weighted by Crippen LogP contribution is 2.23. The van der Waals surface area contributed by atoms with Crippen molar-refractivity contribution in [3.8, 4) is 11.3 Å². The highest BCUT2D eigenvalue weighted by molar-refractivity contribution is 5.64. The lowest BCUT2D eigenvalue weighted by molar-refractivity contribution is 0.422. The Morgan fingerprint density at radius 1 is 1.15 bits per heavy atom. The van der Waals surface area contributed by atoms with Gasteiger partial charge in [-0.05, 0) is 25.0 Å². The van der Waals surface area contributed by atoms with Gasteiger partial charge in [0, 0.05) is 11.6 Å². The molecule has 0 aliphatic carbocycles. The van der Waals surface area contributed by atoms with Gasteiger partial charge in [-0.3, -0.25) is 0 Å². The van der Waals surface area contributed by atoms with E-state index in [2.05, 4.69) is 31.1 Å². The molecule has 0 N–H and O–H groups in total. The minimum absolute atomic E-state index is 0.904. The number of rotatable bonds is 1. The van der Waals surface area contributed by atoms with Crippen molar-refractivity contribution in [2.24, 2.45) is 0 Å². The van der Waals surface area contributed by atoms with E-state index >= 15 is 0 Å². The quantitative estimate of drug-likeness (QED) is 0.662.